The number of nitrogens with zero attached hydrogens (tertiary/aromatic N) is 2. The number of fused-ring (bicyclic) bond motifs is 8. The van der Waals surface area contributed by atoms with E-state index in [1.165, 1.54) is 82.8 Å². The molecule has 254 valence electrons. The van der Waals surface area contributed by atoms with Crippen molar-refractivity contribution in [2.24, 2.45) is 0 Å². The van der Waals surface area contributed by atoms with E-state index in [-0.39, 0.29) is 5.41 Å². The summed E-state index contributed by atoms with van der Waals surface area (Å²) in [6, 6.07) is 62.7. The number of benzene rings is 8. The molecule has 1 aromatic heterocycles. The molecule has 8 aromatic carbocycles. The highest BCUT2D eigenvalue weighted by Gasteiger charge is 2.38. The van der Waals surface area contributed by atoms with E-state index in [1.54, 1.807) is 0 Å². The maximum Gasteiger partial charge on any atom is 0.0544 e. The van der Waals surface area contributed by atoms with Crippen LogP contribution in [0, 0.1) is 13.8 Å². The van der Waals surface area contributed by atoms with Gasteiger partial charge in [-0.25, -0.2) is 0 Å². The summed E-state index contributed by atoms with van der Waals surface area (Å²) < 4.78 is 2.51. The molecule has 0 fully saturated rings. The van der Waals surface area contributed by atoms with Crippen molar-refractivity contribution in [3.8, 4) is 27.9 Å². The van der Waals surface area contributed by atoms with E-state index >= 15 is 0 Å². The van der Waals surface area contributed by atoms with E-state index in [2.05, 4.69) is 207 Å². The number of hydrogen-bond donors (Lipinski definition) is 0. The summed E-state index contributed by atoms with van der Waals surface area (Å²) in [5.74, 6) is 0. The molecule has 10 rings (SSSR count). The molecule has 0 amide bonds. The van der Waals surface area contributed by atoms with Crippen LogP contribution in [-0.4, -0.2) is 4.57 Å². The number of para-hydroxylation sites is 1. The lowest BCUT2D eigenvalue weighted by Crippen LogP contribution is -2.17. The standard InChI is InChI=1S/C51H40N2/c1-33-19-27-47-43(29-33)44-30-34(2)20-28-48(44)53(47)49-32-46-50(41-18-12-11-17-40(41)49)42-26-25-39(31-45(42)51(46,3)4)52(37-15-9-6-10-16-37)38-23-21-36(22-24-38)35-13-7-5-8-14-35/h5-32H,1-4H3. The molecule has 0 atom stereocenters. The molecular formula is C51H40N2. The van der Waals surface area contributed by atoms with Crippen LogP contribution in [0.1, 0.15) is 36.1 Å². The highest BCUT2D eigenvalue weighted by molar-refractivity contribution is 6.13. The maximum absolute atomic E-state index is 2.51. The second kappa shape index (κ2) is 11.8. The summed E-state index contributed by atoms with van der Waals surface area (Å²) >= 11 is 0. The predicted octanol–water partition coefficient (Wildman–Crippen LogP) is 14.0. The molecule has 1 heterocycles. The molecule has 1 aliphatic rings. The molecule has 0 spiro atoms. The molecule has 0 saturated carbocycles. The topological polar surface area (TPSA) is 8.17 Å². The monoisotopic (exact) mass is 680 g/mol. The van der Waals surface area contributed by atoms with Gasteiger partial charge in [0, 0.05) is 38.6 Å². The van der Waals surface area contributed by atoms with Gasteiger partial charge in [-0.05, 0) is 119 Å². The first kappa shape index (κ1) is 31.4. The zero-order chi connectivity index (χ0) is 35.8. The average Bonchev–Trinajstić information content (AvgIpc) is 3.62. The first-order chi connectivity index (χ1) is 25.9. The Hall–Kier alpha value is -6.38. The summed E-state index contributed by atoms with van der Waals surface area (Å²) in [5, 5.41) is 5.17. The van der Waals surface area contributed by atoms with Gasteiger partial charge in [0.1, 0.15) is 0 Å². The number of hydrogen-bond acceptors (Lipinski definition) is 1. The lowest BCUT2D eigenvalue weighted by atomic mass is 9.81. The Morgan fingerprint density at radius 3 is 1.64 bits per heavy atom. The molecule has 2 nitrogen and oxygen atoms in total. The molecule has 0 N–H and O–H groups in total. The lowest BCUT2D eigenvalue weighted by molar-refractivity contribution is 0.660. The third kappa shape index (κ3) is 4.86. The average molecular weight is 681 g/mol. The van der Waals surface area contributed by atoms with Crippen LogP contribution in [-0.2, 0) is 5.41 Å². The van der Waals surface area contributed by atoms with E-state index in [0.717, 1.165) is 17.1 Å². The highest BCUT2D eigenvalue weighted by atomic mass is 15.1. The van der Waals surface area contributed by atoms with Crippen molar-refractivity contribution >= 4 is 49.6 Å². The summed E-state index contributed by atoms with van der Waals surface area (Å²) in [6.07, 6.45) is 0. The Morgan fingerprint density at radius 2 is 0.981 bits per heavy atom. The van der Waals surface area contributed by atoms with E-state index in [0.29, 0.717) is 0 Å². The fourth-order valence-corrected chi connectivity index (χ4v) is 8.84. The largest absolute Gasteiger partial charge is 0.310 e. The van der Waals surface area contributed by atoms with Gasteiger partial charge in [0.25, 0.3) is 0 Å². The van der Waals surface area contributed by atoms with Gasteiger partial charge in [0.05, 0.1) is 16.7 Å². The third-order valence-corrected chi connectivity index (χ3v) is 11.5. The highest BCUT2D eigenvalue weighted by Crippen LogP contribution is 2.54. The van der Waals surface area contributed by atoms with Crippen LogP contribution < -0.4 is 4.90 Å². The summed E-state index contributed by atoms with van der Waals surface area (Å²) in [5.41, 5.74) is 17.3. The second-order valence-corrected chi connectivity index (χ2v) is 15.2. The summed E-state index contributed by atoms with van der Waals surface area (Å²) in [7, 11) is 0. The smallest absolute Gasteiger partial charge is 0.0544 e. The molecule has 9 aromatic rings. The summed E-state index contributed by atoms with van der Waals surface area (Å²) in [4.78, 5) is 2.39. The SMILES string of the molecule is Cc1ccc2c(c1)c1cc(C)ccc1n2-c1cc2c(c3ccccc13)-c1ccc(N(c3ccccc3)c3ccc(-c4ccccc4)cc3)cc1C2(C)C. The Labute approximate surface area is 311 Å². The van der Waals surface area contributed by atoms with Gasteiger partial charge in [0.15, 0.2) is 0 Å². The first-order valence-electron chi connectivity index (χ1n) is 18.6. The lowest BCUT2D eigenvalue weighted by Gasteiger charge is -2.28. The molecule has 0 radical (unpaired) electrons. The Morgan fingerprint density at radius 1 is 0.434 bits per heavy atom. The number of aromatic nitrogens is 1. The van der Waals surface area contributed by atoms with E-state index in [4.69, 9.17) is 0 Å². The number of rotatable bonds is 5. The van der Waals surface area contributed by atoms with Gasteiger partial charge in [-0.1, -0.05) is 128 Å². The fourth-order valence-electron chi connectivity index (χ4n) is 8.84. The number of aryl methyl sites for hydroxylation is 2. The first-order valence-corrected chi connectivity index (χ1v) is 18.6. The minimum Gasteiger partial charge on any atom is -0.310 e. The zero-order valence-corrected chi connectivity index (χ0v) is 30.6. The van der Waals surface area contributed by atoms with Gasteiger partial charge < -0.3 is 9.47 Å². The molecule has 2 heteroatoms. The van der Waals surface area contributed by atoms with Crippen LogP contribution in [0.5, 0.6) is 0 Å². The van der Waals surface area contributed by atoms with Gasteiger partial charge in [0.2, 0.25) is 0 Å². The third-order valence-electron chi connectivity index (χ3n) is 11.5. The van der Waals surface area contributed by atoms with E-state index < -0.39 is 0 Å². The maximum atomic E-state index is 2.51. The molecule has 53 heavy (non-hydrogen) atoms. The quantitative estimate of drug-likeness (QED) is 0.176. The van der Waals surface area contributed by atoms with E-state index in [1.807, 2.05) is 0 Å². The van der Waals surface area contributed by atoms with Gasteiger partial charge in [-0.15, -0.1) is 0 Å². The van der Waals surface area contributed by atoms with Gasteiger partial charge in [-0.3, -0.25) is 0 Å². The summed E-state index contributed by atoms with van der Waals surface area (Å²) in [6.45, 7) is 9.19. The van der Waals surface area contributed by atoms with Crippen LogP contribution in [0.15, 0.2) is 170 Å². The van der Waals surface area contributed by atoms with Crippen LogP contribution in [0.25, 0.3) is 60.5 Å². The van der Waals surface area contributed by atoms with Gasteiger partial charge in [-0.2, -0.15) is 0 Å². The molecule has 0 unspecified atom stereocenters. The van der Waals surface area contributed by atoms with Gasteiger partial charge >= 0.3 is 0 Å². The van der Waals surface area contributed by atoms with E-state index in [9.17, 15) is 0 Å². The van der Waals surface area contributed by atoms with Crippen LogP contribution in [0.3, 0.4) is 0 Å². The fraction of sp³-hybridized carbons (Fsp3) is 0.0980. The Kier molecular flexibility index (Phi) is 7.00. The molecule has 0 aliphatic heterocycles. The second-order valence-electron chi connectivity index (χ2n) is 15.2. The van der Waals surface area contributed by atoms with Crippen LogP contribution in [0.4, 0.5) is 17.1 Å². The van der Waals surface area contributed by atoms with Crippen molar-refractivity contribution in [1.29, 1.82) is 0 Å². The van der Waals surface area contributed by atoms with Crippen molar-refractivity contribution in [2.75, 3.05) is 4.90 Å². The van der Waals surface area contributed by atoms with Crippen LogP contribution in [0.2, 0.25) is 0 Å². The zero-order valence-electron chi connectivity index (χ0n) is 30.6. The van der Waals surface area contributed by atoms with Crippen molar-refractivity contribution < 1.29 is 0 Å². The predicted molar refractivity (Wildman–Crippen MR) is 225 cm³/mol. The van der Waals surface area contributed by atoms with Crippen molar-refractivity contribution in [1.82, 2.24) is 4.57 Å². The van der Waals surface area contributed by atoms with Crippen molar-refractivity contribution in [2.45, 2.75) is 33.1 Å². The molecular weight excluding hydrogens is 641 g/mol. The van der Waals surface area contributed by atoms with Crippen LogP contribution >= 0.6 is 0 Å². The normalized spacial score (nSPS) is 13.1. The minimum atomic E-state index is -0.231. The molecule has 0 saturated heterocycles. The van der Waals surface area contributed by atoms with Crippen molar-refractivity contribution in [3.63, 3.8) is 0 Å². The Bertz CT molecular complexity index is 2800. The molecule has 1 aliphatic carbocycles. The number of anilines is 3. The minimum absolute atomic E-state index is 0.231. The Balaban J connectivity index is 1.16. The van der Waals surface area contributed by atoms with Crippen molar-refractivity contribution in [3.05, 3.63) is 192 Å². The molecule has 0 bridgehead atoms.